The number of hydrogen-bond acceptors (Lipinski definition) is 2. The van der Waals surface area contributed by atoms with Crippen molar-refractivity contribution in [1.82, 2.24) is 10.2 Å². The number of likely N-dealkylation sites (N-methyl/N-ethyl adjacent to an activating group) is 1. The third-order valence-corrected chi connectivity index (χ3v) is 4.12. The van der Waals surface area contributed by atoms with Crippen LogP contribution in [0, 0.1) is 0 Å². The van der Waals surface area contributed by atoms with Crippen LogP contribution in [0.5, 0.6) is 0 Å². The molecule has 106 valence electrons. The fourth-order valence-corrected chi connectivity index (χ4v) is 2.70. The molecule has 0 radical (unpaired) electrons. The van der Waals surface area contributed by atoms with Crippen LogP contribution in [0.1, 0.15) is 24.8 Å². The number of rotatable bonds is 3. The molecule has 1 atom stereocenters. The smallest absolute Gasteiger partial charge is 0.239 e. The van der Waals surface area contributed by atoms with Gasteiger partial charge in [0.15, 0.2) is 0 Å². The van der Waals surface area contributed by atoms with Crippen molar-refractivity contribution in [2.24, 2.45) is 0 Å². The van der Waals surface area contributed by atoms with Crippen LogP contribution in [0.25, 0.3) is 0 Å². The summed E-state index contributed by atoms with van der Waals surface area (Å²) in [6.45, 7) is 1.61. The summed E-state index contributed by atoms with van der Waals surface area (Å²) >= 11 is 3.52. The summed E-state index contributed by atoms with van der Waals surface area (Å²) in [5.41, 5.74) is 1.14. The predicted molar refractivity (Wildman–Crippen MR) is 83.5 cm³/mol. The SMILES string of the molecule is CN(Cc1ccccc1Br)C(=O)[C@@H]1CCCCN1.Cl. The fourth-order valence-electron chi connectivity index (χ4n) is 2.29. The van der Waals surface area contributed by atoms with Crippen LogP contribution in [0.15, 0.2) is 28.7 Å². The molecule has 1 aliphatic rings. The molecule has 0 aromatic heterocycles. The summed E-state index contributed by atoms with van der Waals surface area (Å²) < 4.78 is 1.06. The standard InChI is InChI=1S/C14H19BrN2O.ClH/c1-17(10-11-6-2-3-7-12(11)15)14(18)13-8-4-5-9-16-13;/h2-3,6-7,13,16H,4-5,8-10H2,1H3;1H/t13-;/m0./s1. The molecule has 5 heteroatoms. The quantitative estimate of drug-likeness (QED) is 0.911. The molecular formula is C14H20BrClN2O. The lowest BCUT2D eigenvalue weighted by Gasteiger charge is -2.27. The van der Waals surface area contributed by atoms with Crippen molar-refractivity contribution >= 4 is 34.2 Å². The zero-order valence-electron chi connectivity index (χ0n) is 11.1. The third-order valence-electron chi connectivity index (χ3n) is 3.35. The highest BCUT2D eigenvalue weighted by molar-refractivity contribution is 9.10. The lowest BCUT2D eigenvalue weighted by Crippen LogP contribution is -2.47. The van der Waals surface area contributed by atoms with E-state index >= 15 is 0 Å². The second kappa shape index (κ2) is 7.88. The van der Waals surface area contributed by atoms with Gasteiger partial charge in [-0.15, -0.1) is 12.4 Å². The normalized spacial score (nSPS) is 18.5. The highest BCUT2D eigenvalue weighted by atomic mass is 79.9. The van der Waals surface area contributed by atoms with Gasteiger partial charge in [0.2, 0.25) is 5.91 Å². The van der Waals surface area contributed by atoms with Gasteiger partial charge in [-0.25, -0.2) is 0 Å². The first kappa shape index (κ1) is 16.5. The van der Waals surface area contributed by atoms with Crippen LogP contribution in [-0.2, 0) is 11.3 Å². The highest BCUT2D eigenvalue weighted by Gasteiger charge is 2.23. The van der Waals surface area contributed by atoms with E-state index < -0.39 is 0 Å². The Morgan fingerprint density at radius 2 is 2.16 bits per heavy atom. The molecular weight excluding hydrogens is 328 g/mol. The average Bonchev–Trinajstić information content (AvgIpc) is 2.41. The Labute approximate surface area is 129 Å². The van der Waals surface area contributed by atoms with Gasteiger partial charge in [-0.05, 0) is 31.0 Å². The second-order valence-electron chi connectivity index (χ2n) is 4.79. The van der Waals surface area contributed by atoms with E-state index in [9.17, 15) is 4.79 Å². The van der Waals surface area contributed by atoms with E-state index in [4.69, 9.17) is 0 Å². The molecule has 0 spiro atoms. The summed E-state index contributed by atoms with van der Waals surface area (Å²) in [7, 11) is 1.87. The van der Waals surface area contributed by atoms with Gasteiger partial charge in [-0.2, -0.15) is 0 Å². The van der Waals surface area contributed by atoms with Gasteiger partial charge in [0.05, 0.1) is 6.04 Å². The lowest BCUT2D eigenvalue weighted by molar-refractivity contribution is -0.133. The molecule has 1 aromatic carbocycles. The highest BCUT2D eigenvalue weighted by Crippen LogP contribution is 2.18. The van der Waals surface area contributed by atoms with Gasteiger partial charge >= 0.3 is 0 Å². The Morgan fingerprint density at radius 1 is 1.42 bits per heavy atom. The van der Waals surface area contributed by atoms with E-state index in [-0.39, 0.29) is 24.4 Å². The summed E-state index contributed by atoms with van der Waals surface area (Å²) in [5, 5.41) is 3.30. The molecule has 1 aromatic rings. The Balaban J connectivity index is 0.00000180. The first-order valence-corrected chi connectivity index (χ1v) is 7.19. The Morgan fingerprint density at radius 3 is 2.79 bits per heavy atom. The van der Waals surface area contributed by atoms with Gasteiger partial charge in [0, 0.05) is 18.1 Å². The number of piperidine rings is 1. The minimum Gasteiger partial charge on any atom is -0.340 e. The van der Waals surface area contributed by atoms with Crippen molar-refractivity contribution in [3.05, 3.63) is 34.3 Å². The number of nitrogens with one attached hydrogen (secondary N) is 1. The van der Waals surface area contributed by atoms with Crippen LogP contribution in [-0.4, -0.2) is 30.4 Å². The van der Waals surface area contributed by atoms with Crippen molar-refractivity contribution in [2.75, 3.05) is 13.6 Å². The number of carbonyl (C=O) groups is 1. The van der Waals surface area contributed by atoms with E-state index in [1.807, 2.05) is 36.2 Å². The van der Waals surface area contributed by atoms with Gasteiger partial charge in [0.1, 0.15) is 0 Å². The molecule has 0 bridgehead atoms. The van der Waals surface area contributed by atoms with E-state index in [0.717, 1.165) is 29.4 Å². The molecule has 0 saturated carbocycles. The number of hydrogen-bond donors (Lipinski definition) is 1. The molecule has 1 saturated heterocycles. The largest absolute Gasteiger partial charge is 0.340 e. The number of amides is 1. The minimum atomic E-state index is 0. The molecule has 1 fully saturated rings. The Kier molecular flexibility index (Phi) is 6.83. The zero-order chi connectivity index (χ0) is 13.0. The van der Waals surface area contributed by atoms with Gasteiger partial charge in [0.25, 0.3) is 0 Å². The Hall–Kier alpha value is -0.580. The Bertz CT molecular complexity index is 422. The molecule has 1 heterocycles. The summed E-state index contributed by atoms with van der Waals surface area (Å²) in [4.78, 5) is 14.1. The maximum atomic E-state index is 12.3. The summed E-state index contributed by atoms with van der Waals surface area (Å²) in [6, 6.07) is 8.04. The van der Waals surface area contributed by atoms with Crippen LogP contribution in [0.3, 0.4) is 0 Å². The maximum Gasteiger partial charge on any atom is 0.239 e. The van der Waals surface area contributed by atoms with Crippen molar-refractivity contribution in [2.45, 2.75) is 31.8 Å². The van der Waals surface area contributed by atoms with Gasteiger partial charge in [-0.1, -0.05) is 40.5 Å². The second-order valence-corrected chi connectivity index (χ2v) is 5.64. The molecule has 2 rings (SSSR count). The van der Waals surface area contributed by atoms with E-state index in [2.05, 4.69) is 21.2 Å². The molecule has 0 aliphatic carbocycles. The number of carbonyl (C=O) groups excluding carboxylic acids is 1. The van der Waals surface area contributed by atoms with Crippen molar-refractivity contribution in [3.8, 4) is 0 Å². The van der Waals surface area contributed by atoms with E-state index in [0.29, 0.717) is 6.54 Å². The molecule has 19 heavy (non-hydrogen) atoms. The predicted octanol–water partition coefficient (Wildman–Crippen LogP) is 2.97. The number of benzene rings is 1. The van der Waals surface area contributed by atoms with Crippen LogP contribution in [0.4, 0.5) is 0 Å². The van der Waals surface area contributed by atoms with Crippen LogP contribution in [0.2, 0.25) is 0 Å². The van der Waals surface area contributed by atoms with Crippen molar-refractivity contribution < 1.29 is 4.79 Å². The molecule has 1 amide bonds. The molecule has 1 N–H and O–H groups in total. The van der Waals surface area contributed by atoms with Gasteiger partial charge < -0.3 is 10.2 Å². The van der Waals surface area contributed by atoms with Gasteiger partial charge in [-0.3, -0.25) is 4.79 Å². The molecule has 3 nitrogen and oxygen atoms in total. The zero-order valence-corrected chi connectivity index (χ0v) is 13.5. The maximum absolute atomic E-state index is 12.3. The fraction of sp³-hybridized carbons (Fsp3) is 0.500. The monoisotopic (exact) mass is 346 g/mol. The third kappa shape index (κ3) is 4.48. The topological polar surface area (TPSA) is 32.3 Å². The average molecular weight is 348 g/mol. The van der Waals surface area contributed by atoms with E-state index in [1.165, 1.54) is 6.42 Å². The lowest BCUT2D eigenvalue weighted by atomic mass is 10.0. The first-order valence-electron chi connectivity index (χ1n) is 6.40. The van der Waals surface area contributed by atoms with Crippen molar-refractivity contribution in [3.63, 3.8) is 0 Å². The molecule has 0 unspecified atom stereocenters. The first-order chi connectivity index (χ1) is 8.68. The van der Waals surface area contributed by atoms with E-state index in [1.54, 1.807) is 0 Å². The minimum absolute atomic E-state index is 0. The summed E-state index contributed by atoms with van der Waals surface area (Å²) in [6.07, 6.45) is 3.28. The number of nitrogens with zero attached hydrogens (tertiary/aromatic N) is 1. The van der Waals surface area contributed by atoms with Crippen molar-refractivity contribution in [1.29, 1.82) is 0 Å². The summed E-state index contributed by atoms with van der Waals surface area (Å²) in [5.74, 6) is 0.199. The van der Waals surface area contributed by atoms with Crippen LogP contribution >= 0.6 is 28.3 Å². The molecule has 1 aliphatic heterocycles. The number of halogens is 2. The van der Waals surface area contributed by atoms with Crippen LogP contribution < -0.4 is 5.32 Å².